The van der Waals surface area contributed by atoms with Crippen molar-refractivity contribution >= 4 is 39.1 Å². The second-order valence-electron chi connectivity index (χ2n) is 13.8. The minimum Gasteiger partial charge on any atom is -0.493 e. The number of Topliss-reactive ketones (excluding diaryl/α,β-unsaturated/α-hetero) is 2. The van der Waals surface area contributed by atoms with Crippen LogP contribution >= 0.6 is 15.9 Å². The summed E-state index contributed by atoms with van der Waals surface area (Å²) in [5, 5.41) is 2.91. The van der Waals surface area contributed by atoms with Gasteiger partial charge in [-0.3, -0.25) is 14.4 Å². The molecule has 0 spiro atoms. The van der Waals surface area contributed by atoms with E-state index in [1.54, 1.807) is 7.11 Å². The molecular weight excluding hydrogens is 608 g/mol. The number of ketones is 2. The molecule has 1 heterocycles. The highest BCUT2D eigenvalue weighted by Gasteiger charge is 2.48. The first-order valence-electron chi connectivity index (χ1n) is 14.7. The number of methoxy groups -OCH3 is 1. The van der Waals surface area contributed by atoms with Crippen molar-refractivity contribution in [3.63, 3.8) is 0 Å². The van der Waals surface area contributed by atoms with Crippen molar-refractivity contribution < 1.29 is 23.9 Å². The molecule has 0 unspecified atom stereocenters. The van der Waals surface area contributed by atoms with Crippen molar-refractivity contribution in [1.82, 2.24) is 4.90 Å². The first-order chi connectivity index (χ1) is 20.1. The third kappa shape index (κ3) is 6.03. The second kappa shape index (κ2) is 11.3. The molecule has 1 amide bonds. The Morgan fingerprint density at radius 3 is 2.07 bits per heavy atom. The lowest BCUT2D eigenvalue weighted by Crippen LogP contribution is -2.43. The summed E-state index contributed by atoms with van der Waals surface area (Å²) in [6.45, 7) is 12.2. The summed E-state index contributed by atoms with van der Waals surface area (Å²) in [7, 11) is 3.54. The molecule has 2 aliphatic carbocycles. The Labute approximate surface area is 262 Å². The van der Waals surface area contributed by atoms with Crippen molar-refractivity contribution in [3.8, 4) is 11.5 Å². The average molecular weight is 650 g/mol. The number of amides is 1. The topological polar surface area (TPSA) is 84.9 Å². The molecule has 0 saturated carbocycles. The van der Waals surface area contributed by atoms with Crippen LogP contribution in [0.25, 0.3) is 0 Å². The number of ether oxygens (including phenoxy) is 2. The van der Waals surface area contributed by atoms with E-state index in [4.69, 9.17) is 9.47 Å². The summed E-state index contributed by atoms with van der Waals surface area (Å²) in [6.07, 6.45) is 2.35. The summed E-state index contributed by atoms with van der Waals surface area (Å²) in [4.78, 5) is 42.6. The van der Waals surface area contributed by atoms with Gasteiger partial charge in [0.1, 0.15) is 0 Å². The molecule has 1 aliphatic heterocycles. The number of hydrogen-bond acceptors (Lipinski definition) is 6. The third-order valence-corrected chi connectivity index (χ3v) is 9.36. The number of carbonyl (C=O) groups is 3. The quantitative estimate of drug-likeness (QED) is 0.351. The van der Waals surface area contributed by atoms with Crippen LogP contribution in [0, 0.1) is 24.7 Å². The van der Waals surface area contributed by atoms with E-state index in [1.165, 1.54) is 0 Å². The Bertz CT molecular complexity index is 1550. The van der Waals surface area contributed by atoms with Gasteiger partial charge >= 0.3 is 0 Å². The molecule has 228 valence electrons. The van der Waals surface area contributed by atoms with Crippen LogP contribution < -0.4 is 14.8 Å². The van der Waals surface area contributed by atoms with Gasteiger partial charge in [-0.15, -0.1) is 0 Å². The fourth-order valence-electron chi connectivity index (χ4n) is 6.82. The van der Waals surface area contributed by atoms with E-state index in [2.05, 4.69) is 53.8 Å². The molecule has 3 aliphatic rings. The largest absolute Gasteiger partial charge is 0.493 e. The van der Waals surface area contributed by atoms with Crippen LogP contribution in [0.15, 0.2) is 57.3 Å². The van der Waals surface area contributed by atoms with Gasteiger partial charge in [0.25, 0.3) is 5.91 Å². The number of nitrogens with zero attached hydrogens (tertiary/aromatic N) is 1. The van der Waals surface area contributed by atoms with Gasteiger partial charge in [0, 0.05) is 54.0 Å². The van der Waals surface area contributed by atoms with E-state index < -0.39 is 5.92 Å². The second-order valence-corrected chi connectivity index (χ2v) is 14.6. The first-order valence-corrected chi connectivity index (χ1v) is 15.5. The Morgan fingerprint density at radius 1 is 0.953 bits per heavy atom. The lowest BCUT2D eigenvalue weighted by atomic mass is 9.64. The van der Waals surface area contributed by atoms with Crippen molar-refractivity contribution in [3.05, 3.63) is 74.0 Å². The molecule has 0 fully saturated rings. The smallest absolute Gasteiger partial charge is 0.262 e. The molecule has 0 aromatic heterocycles. The van der Waals surface area contributed by atoms with E-state index in [0.717, 1.165) is 46.6 Å². The van der Waals surface area contributed by atoms with E-state index in [0.29, 0.717) is 40.0 Å². The molecule has 2 aromatic rings. The van der Waals surface area contributed by atoms with Gasteiger partial charge in [0.15, 0.2) is 29.7 Å². The Morgan fingerprint density at radius 2 is 1.53 bits per heavy atom. The average Bonchev–Trinajstić information content (AvgIpc) is 2.89. The fourth-order valence-corrected chi connectivity index (χ4v) is 7.40. The maximum absolute atomic E-state index is 13.8. The van der Waals surface area contributed by atoms with Gasteiger partial charge in [0.05, 0.1) is 11.6 Å². The number of halogens is 1. The predicted molar refractivity (Wildman–Crippen MR) is 171 cm³/mol. The molecule has 2 aromatic carbocycles. The molecule has 43 heavy (non-hydrogen) atoms. The summed E-state index contributed by atoms with van der Waals surface area (Å²) < 4.78 is 12.3. The summed E-state index contributed by atoms with van der Waals surface area (Å²) >= 11 is 3.65. The zero-order chi connectivity index (χ0) is 31.4. The molecule has 0 atom stereocenters. The number of allylic oxidation sites excluding steroid dienone is 4. The van der Waals surface area contributed by atoms with E-state index in [9.17, 15) is 14.4 Å². The van der Waals surface area contributed by atoms with Crippen LogP contribution in [0.1, 0.15) is 76.0 Å². The number of rotatable bonds is 6. The maximum Gasteiger partial charge on any atom is 0.262 e. The molecular formula is C35H41BrN2O5. The summed E-state index contributed by atoms with van der Waals surface area (Å²) in [6, 6.07) is 9.57. The van der Waals surface area contributed by atoms with Gasteiger partial charge in [-0.25, -0.2) is 0 Å². The number of nitrogens with one attached hydrogen (secondary N) is 1. The highest BCUT2D eigenvalue weighted by Crippen LogP contribution is 2.55. The molecule has 5 rings (SSSR count). The van der Waals surface area contributed by atoms with Gasteiger partial charge in [-0.2, -0.15) is 0 Å². The normalized spacial score (nSPS) is 19.7. The Hall–Kier alpha value is -3.39. The standard InChI is InChI=1S/C35H41BrN2O5/c1-19-9-10-23(20(2)11-19)37-29(41)18-43-33-22(36)12-21(13-28(33)42-8)30-31-24(14-34(3,4)16-26(31)39)38(7)25-15-35(5,6)17-27(40)32(25)30/h9-13,30H,14-18H2,1-8H3,(H,37,41). The third-order valence-electron chi connectivity index (χ3n) is 8.77. The number of anilines is 1. The van der Waals surface area contributed by atoms with Gasteiger partial charge < -0.3 is 19.7 Å². The van der Waals surface area contributed by atoms with Crippen LogP contribution in [0.4, 0.5) is 5.69 Å². The minimum atomic E-state index is -0.500. The SMILES string of the molecule is COc1cc(C2C3=C(CC(C)(C)CC3=O)N(C)C3=C2C(=O)CC(C)(C)C3)cc(Br)c1OCC(=O)Nc1ccc(C)cc1C. The van der Waals surface area contributed by atoms with Crippen LogP contribution in [-0.2, 0) is 14.4 Å². The minimum absolute atomic E-state index is 0.0748. The van der Waals surface area contributed by atoms with Crippen molar-refractivity contribution in [2.24, 2.45) is 10.8 Å². The Balaban J connectivity index is 1.52. The van der Waals surface area contributed by atoms with Crippen LogP contribution in [0.3, 0.4) is 0 Å². The van der Waals surface area contributed by atoms with Crippen molar-refractivity contribution in [2.75, 3.05) is 26.1 Å². The van der Waals surface area contributed by atoms with Crippen LogP contribution in [0.5, 0.6) is 11.5 Å². The van der Waals surface area contributed by atoms with Gasteiger partial charge in [0.2, 0.25) is 0 Å². The number of carbonyl (C=O) groups excluding carboxylic acids is 3. The first kappa shape index (κ1) is 31.0. The number of hydrogen-bond donors (Lipinski definition) is 1. The number of benzene rings is 2. The van der Waals surface area contributed by atoms with Crippen molar-refractivity contribution in [2.45, 2.75) is 73.1 Å². The molecule has 0 saturated heterocycles. The highest BCUT2D eigenvalue weighted by molar-refractivity contribution is 9.10. The summed E-state index contributed by atoms with van der Waals surface area (Å²) in [5.74, 6) is 0.150. The van der Waals surface area contributed by atoms with E-state index >= 15 is 0 Å². The van der Waals surface area contributed by atoms with E-state index in [1.807, 2.05) is 51.2 Å². The maximum atomic E-state index is 13.8. The molecule has 1 N–H and O–H groups in total. The monoisotopic (exact) mass is 648 g/mol. The van der Waals surface area contributed by atoms with E-state index in [-0.39, 0.29) is 34.9 Å². The van der Waals surface area contributed by atoms with Gasteiger partial charge in [-0.1, -0.05) is 45.4 Å². The fraction of sp³-hybridized carbons (Fsp3) is 0.457. The molecule has 0 radical (unpaired) electrons. The lowest BCUT2D eigenvalue weighted by Gasteiger charge is -2.48. The number of aryl methyl sites for hydroxylation is 2. The predicted octanol–water partition coefficient (Wildman–Crippen LogP) is 7.41. The molecule has 7 nitrogen and oxygen atoms in total. The van der Waals surface area contributed by atoms with Crippen molar-refractivity contribution in [1.29, 1.82) is 0 Å². The van der Waals surface area contributed by atoms with Crippen LogP contribution in [-0.4, -0.2) is 43.1 Å². The van der Waals surface area contributed by atoms with Crippen LogP contribution in [0.2, 0.25) is 0 Å². The zero-order valence-electron chi connectivity index (χ0n) is 26.4. The Kier molecular flexibility index (Phi) is 8.14. The highest BCUT2D eigenvalue weighted by atomic mass is 79.9. The molecule has 0 bridgehead atoms. The lowest BCUT2D eigenvalue weighted by molar-refractivity contribution is -0.120. The zero-order valence-corrected chi connectivity index (χ0v) is 28.0. The van der Waals surface area contributed by atoms with Gasteiger partial charge in [-0.05, 0) is 82.8 Å². The molecule has 8 heteroatoms. The summed E-state index contributed by atoms with van der Waals surface area (Å²) in [5.41, 5.74) is 6.65.